The molecule has 0 saturated carbocycles. The second kappa shape index (κ2) is 9.32. The number of carbonyl (C=O) groups excluding carboxylic acids is 2. The molecule has 0 aliphatic heterocycles. The van der Waals surface area contributed by atoms with Crippen LogP contribution in [0, 0.1) is 0 Å². The van der Waals surface area contributed by atoms with Crippen molar-refractivity contribution in [3.05, 3.63) is 71.9 Å². The van der Waals surface area contributed by atoms with Crippen molar-refractivity contribution in [1.82, 2.24) is 10.2 Å². The molecule has 3 rings (SSSR count). The smallest absolute Gasteiger partial charge is 0.339 e. The van der Waals surface area contributed by atoms with Gasteiger partial charge in [0.15, 0.2) is 11.5 Å². The fourth-order valence-electron chi connectivity index (χ4n) is 2.58. The Morgan fingerprint density at radius 3 is 2.34 bits per heavy atom. The van der Waals surface area contributed by atoms with Crippen LogP contribution >= 0.6 is 0 Å². The third-order valence-electron chi connectivity index (χ3n) is 3.93. The molecule has 3 aromatic rings. The Hall–Kier alpha value is -3.94. The van der Waals surface area contributed by atoms with Gasteiger partial charge < -0.3 is 20.1 Å². The van der Waals surface area contributed by atoms with Crippen LogP contribution in [-0.4, -0.2) is 35.8 Å². The predicted molar refractivity (Wildman–Crippen MR) is 109 cm³/mol. The van der Waals surface area contributed by atoms with E-state index in [1.807, 2.05) is 31.2 Å². The Balaban J connectivity index is 1.73. The second-order valence-corrected chi connectivity index (χ2v) is 5.85. The topological polar surface area (TPSA) is 102 Å². The lowest BCUT2D eigenvalue weighted by molar-refractivity contribution is 0.0602. The van der Waals surface area contributed by atoms with E-state index in [9.17, 15) is 9.59 Å². The van der Waals surface area contributed by atoms with Crippen molar-refractivity contribution in [2.75, 3.05) is 24.4 Å². The standard InChI is InChI=1S/C21H20N4O4/c1-3-29-18-11-7-6-10-16(18)22-19-13-12-17(24-25-19)20(26)23-15-9-5-4-8-14(15)21(27)28-2/h4-13H,3H2,1-2H3,(H,22,25)(H,23,26). The maximum absolute atomic E-state index is 12.5. The monoisotopic (exact) mass is 392 g/mol. The Bertz CT molecular complexity index is 1010. The van der Waals surface area contributed by atoms with Gasteiger partial charge in [-0.05, 0) is 43.3 Å². The Morgan fingerprint density at radius 1 is 0.931 bits per heavy atom. The number of methoxy groups -OCH3 is 1. The number of esters is 1. The molecule has 2 aromatic carbocycles. The number of benzene rings is 2. The number of para-hydroxylation sites is 3. The molecule has 0 radical (unpaired) electrons. The first-order valence-electron chi connectivity index (χ1n) is 8.93. The van der Waals surface area contributed by atoms with E-state index in [1.165, 1.54) is 13.2 Å². The minimum absolute atomic E-state index is 0.105. The molecule has 0 spiro atoms. The van der Waals surface area contributed by atoms with E-state index in [0.717, 1.165) is 5.69 Å². The van der Waals surface area contributed by atoms with Crippen LogP contribution in [0.5, 0.6) is 5.75 Å². The van der Waals surface area contributed by atoms with Gasteiger partial charge in [0.2, 0.25) is 0 Å². The summed E-state index contributed by atoms with van der Waals surface area (Å²) in [6.45, 7) is 2.44. The summed E-state index contributed by atoms with van der Waals surface area (Å²) in [6.07, 6.45) is 0. The molecule has 8 nitrogen and oxygen atoms in total. The van der Waals surface area contributed by atoms with Crippen LogP contribution in [0.15, 0.2) is 60.7 Å². The quantitative estimate of drug-likeness (QED) is 0.592. The molecule has 8 heteroatoms. The highest BCUT2D eigenvalue weighted by atomic mass is 16.5. The molecule has 0 atom stereocenters. The summed E-state index contributed by atoms with van der Waals surface area (Å²) >= 11 is 0. The number of nitrogens with zero attached hydrogens (tertiary/aromatic N) is 2. The van der Waals surface area contributed by atoms with E-state index in [-0.39, 0.29) is 11.3 Å². The maximum atomic E-state index is 12.5. The van der Waals surface area contributed by atoms with Crippen LogP contribution in [0.1, 0.15) is 27.8 Å². The fourth-order valence-corrected chi connectivity index (χ4v) is 2.58. The first kappa shape index (κ1) is 19.8. The molecule has 0 saturated heterocycles. The van der Waals surface area contributed by atoms with Gasteiger partial charge in [0.05, 0.1) is 30.7 Å². The van der Waals surface area contributed by atoms with E-state index < -0.39 is 11.9 Å². The molecule has 2 N–H and O–H groups in total. The summed E-state index contributed by atoms with van der Waals surface area (Å²) in [6, 6.07) is 17.2. The van der Waals surface area contributed by atoms with E-state index in [2.05, 4.69) is 20.8 Å². The van der Waals surface area contributed by atoms with E-state index >= 15 is 0 Å². The number of aromatic nitrogens is 2. The zero-order chi connectivity index (χ0) is 20.6. The first-order chi connectivity index (χ1) is 14.1. The summed E-state index contributed by atoms with van der Waals surface area (Å²) in [5, 5.41) is 13.8. The number of hydrogen-bond acceptors (Lipinski definition) is 7. The summed E-state index contributed by atoms with van der Waals surface area (Å²) in [4.78, 5) is 24.3. The van der Waals surface area contributed by atoms with Crippen LogP contribution in [0.2, 0.25) is 0 Å². The molecule has 1 heterocycles. The largest absolute Gasteiger partial charge is 0.492 e. The molecule has 0 unspecified atom stereocenters. The highest BCUT2D eigenvalue weighted by Crippen LogP contribution is 2.26. The molecule has 0 aliphatic rings. The van der Waals surface area contributed by atoms with Gasteiger partial charge in [-0.2, -0.15) is 0 Å². The molecular formula is C21H20N4O4. The van der Waals surface area contributed by atoms with Gasteiger partial charge in [-0.3, -0.25) is 4.79 Å². The van der Waals surface area contributed by atoms with E-state index in [0.29, 0.717) is 23.9 Å². The number of ether oxygens (including phenoxy) is 2. The van der Waals surface area contributed by atoms with Crippen molar-refractivity contribution in [3.63, 3.8) is 0 Å². The zero-order valence-corrected chi connectivity index (χ0v) is 16.0. The van der Waals surface area contributed by atoms with Crippen molar-refractivity contribution in [1.29, 1.82) is 0 Å². The molecular weight excluding hydrogens is 372 g/mol. The van der Waals surface area contributed by atoms with Crippen molar-refractivity contribution in [3.8, 4) is 5.75 Å². The lowest BCUT2D eigenvalue weighted by Gasteiger charge is -2.11. The van der Waals surface area contributed by atoms with E-state index in [4.69, 9.17) is 9.47 Å². The average Bonchev–Trinajstić information content (AvgIpc) is 2.75. The van der Waals surface area contributed by atoms with Crippen molar-refractivity contribution in [2.45, 2.75) is 6.92 Å². The van der Waals surface area contributed by atoms with Gasteiger partial charge in [0, 0.05) is 0 Å². The van der Waals surface area contributed by atoms with Gasteiger partial charge in [-0.15, -0.1) is 10.2 Å². The highest BCUT2D eigenvalue weighted by molar-refractivity contribution is 6.07. The average molecular weight is 392 g/mol. The SMILES string of the molecule is CCOc1ccccc1Nc1ccc(C(=O)Nc2ccccc2C(=O)OC)nn1. The highest BCUT2D eigenvalue weighted by Gasteiger charge is 2.15. The third kappa shape index (κ3) is 4.86. The van der Waals surface area contributed by atoms with Crippen molar-refractivity contribution in [2.24, 2.45) is 0 Å². The molecule has 0 fully saturated rings. The van der Waals surface area contributed by atoms with Gasteiger partial charge in [-0.25, -0.2) is 4.79 Å². The summed E-state index contributed by atoms with van der Waals surface area (Å²) in [5.74, 6) is 0.122. The number of anilines is 3. The summed E-state index contributed by atoms with van der Waals surface area (Å²) < 4.78 is 10.3. The Morgan fingerprint density at radius 2 is 1.66 bits per heavy atom. The van der Waals surface area contributed by atoms with Crippen LogP contribution in [-0.2, 0) is 4.74 Å². The first-order valence-corrected chi connectivity index (χ1v) is 8.93. The molecule has 1 aromatic heterocycles. The van der Waals surface area contributed by atoms with Crippen molar-refractivity contribution < 1.29 is 19.1 Å². The molecule has 1 amide bonds. The molecule has 148 valence electrons. The predicted octanol–water partition coefficient (Wildman–Crippen LogP) is 3.66. The van der Waals surface area contributed by atoms with Gasteiger partial charge in [0.25, 0.3) is 5.91 Å². The molecule has 0 bridgehead atoms. The number of rotatable bonds is 7. The minimum atomic E-state index is -0.542. The summed E-state index contributed by atoms with van der Waals surface area (Å²) in [7, 11) is 1.28. The third-order valence-corrected chi connectivity index (χ3v) is 3.93. The maximum Gasteiger partial charge on any atom is 0.339 e. The van der Waals surface area contributed by atoms with E-state index in [1.54, 1.807) is 30.3 Å². The van der Waals surface area contributed by atoms with Gasteiger partial charge in [-0.1, -0.05) is 24.3 Å². The Labute approximate surface area is 167 Å². The minimum Gasteiger partial charge on any atom is -0.492 e. The van der Waals surface area contributed by atoms with Crippen LogP contribution in [0.25, 0.3) is 0 Å². The number of hydrogen-bond donors (Lipinski definition) is 2. The molecule has 29 heavy (non-hydrogen) atoms. The second-order valence-electron chi connectivity index (χ2n) is 5.85. The Kier molecular flexibility index (Phi) is 6.36. The van der Waals surface area contributed by atoms with Crippen molar-refractivity contribution >= 4 is 29.1 Å². The van der Waals surface area contributed by atoms with Crippen LogP contribution in [0.3, 0.4) is 0 Å². The normalized spacial score (nSPS) is 10.1. The van der Waals surface area contributed by atoms with Gasteiger partial charge in [0.1, 0.15) is 5.75 Å². The summed E-state index contributed by atoms with van der Waals surface area (Å²) in [5.41, 5.74) is 1.43. The van der Waals surface area contributed by atoms with Gasteiger partial charge >= 0.3 is 5.97 Å². The fraction of sp³-hybridized carbons (Fsp3) is 0.143. The molecule has 0 aliphatic carbocycles. The van der Waals surface area contributed by atoms with Crippen LogP contribution < -0.4 is 15.4 Å². The zero-order valence-electron chi connectivity index (χ0n) is 16.0. The number of nitrogens with one attached hydrogen (secondary N) is 2. The van der Waals surface area contributed by atoms with Crippen LogP contribution in [0.4, 0.5) is 17.2 Å². The number of amides is 1. The lowest BCUT2D eigenvalue weighted by atomic mass is 10.1. The lowest BCUT2D eigenvalue weighted by Crippen LogP contribution is -2.17. The number of carbonyl (C=O) groups is 2.